The highest BCUT2D eigenvalue weighted by atomic mass is 35.5. The molecule has 1 amide bonds. The van der Waals surface area contributed by atoms with E-state index in [1.54, 1.807) is 20.8 Å². The molecular weight excluding hydrogens is 260 g/mol. The summed E-state index contributed by atoms with van der Waals surface area (Å²) in [7, 11) is 1.35. The minimum absolute atomic E-state index is 0. The van der Waals surface area contributed by atoms with Crippen LogP contribution >= 0.6 is 12.4 Å². The highest BCUT2D eigenvalue weighted by Gasteiger charge is 2.31. The number of rotatable bonds is 2. The van der Waals surface area contributed by atoms with Crippen molar-refractivity contribution in [2.45, 2.75) is 44.9 Å². The molecule has 0 spiro atoms. The van der Waals surface area contributed by atoms with Gasteiger partial charge in [0.2, 0.25) is 0 Å². The lowest BCUT2D eigenvalue weighted by atomic mass is 10.2. The first-order chi connectivity index (χ1) is 7.81. The van der Waals surface area contributed by atoms with Crippen LogP contribution in [0.3, 0.4) is 0 Å². The second kappa shape index (κ2) is 6.80. The number of hydrogen-bond donors (Lipinski definition) is 2. The molecule has 1 rings (SSSR count). The molecule has 0 radical (unpaired) electrons. The minimum Gasteiger partial charge on any atom is -0.468 e. The number of methoxy groups -OCH3 is 1. The molecule has 0 bridgehead atoms. The molecule has 1 aliphatic rings. The maximum atomic E-state index is 11.5. The first-order valence-corrected chi connectivity index (χ1v) is 5.62. The molecule has 0 unspecified atom stereocenters. The van der Waals surface area contributed by atoms with Crippen molar-refractivity contribution in [3.63, 3.8) is 0 Å². The molecular formula is C11H21ClN2O4. The number of ether oxygens (including phenoxy) is 2. The lowest BCUT2D eigenvalue weighted by Crippen LogP contribution is -2.40. The van der Waals surface area contributed by atoms with Crippen molar-refractivity contribution in [3.05, 3.63) is 0 Å². The van der Waals surface area contributed by atoms with Crippen LogP contribution in [0.15, 0.2) is 0 Å². The second-order valence-electron chi connectivity index (χ2n) is 5.06. The molecule has 18 heavy (non-hydrogen) atoms. The van der Waals surface area contributed by atoms with E-state index in [0.717, 1.165) is 0 Å². The van der Waals surface area contributed by atoms with Crippen LogP contribution in [0.4, 0.5) is 4.79 Å². The lowest BCUT2D eigenvalue weighted by molar-refractivity contribution is -0.142. The summed E-state index contributed by atoms with van der Waals surface area (Å²) in [6.07, 6.45) is 0.0566. The average molecular weight is 281 g/mol. The molecule has 1 fully saturated rings. The van der Waals surface area contributed by atoms with Gasteiger partial charge in [-0.2, -0.15) is 0 Å². The van der Waals surface area contributed by atoms with Crippen molar-refractivity contribution >= 4 is 24.5 Å². The summed E-state index contributed by atoms with van der Waals surface area (Å²) in [5, 5.41) is 5.69. The zero-order chi connectivity index (χ0) is 13.1. The van der Waals surface area contributed by atoms with E-state index in [9.17, 15) is 9.59 Å². The predicted octanol–water partition coefficient (Wildman–Crippen LogP) is 0.836. The molecule has 0 aromatic carbocycles. The number of carbonyl (C=O) groups is 2. The van der Waals surface area contributed by atoms with Crippen LogP contribution < -0.4 is 10.6 Å². The Bertz CT molecular complexity index is 304. The van der Waals surface area contributed by atoms with Gasteiger partial charge in [-0.1, -0.05) is 0 Å². The van der Waals surface area contributed by atoms with Crippen molar-refractivity contribution < 1.29 is 19.1 Å². The highest BCUT2D eigenvalue weighted by Crippen LogP contribution is 2.10. The van der Waals surface area contributed by atoms with E-state index in [1.807, 2.05) is 0 Å². The van der Waals surface area contributed by atoms with Gasteiger partial charge in [0.25, 0.3) is 0 Å². The Hall–Kier alpha value is -1.01. The van der Waals surface area contributed by atoms with Gasteiger partial charge in [-0.15, -0.1) is 12.4 Å². The molecule has 0 aliphatic carbocycles. The fraction of sp³-hybridized carbons (Fsp3) is 0.818. The van der Waals surface area contributed by atoms with Crippen molar-refractivity contribution in [2.75, 3.05) is 13.7 Å². The Balaban J connectivity index is 0.00000289. The van der Waals surface area contributed by atoms with Crippen LogP contribution in [0.25, 0.3) is 0 Å². The zero-order valence-corrected chi connectivity index (χ0v) is 11.9. The monoisotopic (exact) mass is 280 g/mol. The molecule has 0 saturated carbocycles. The fourth-order valence-electron chi connectivity index (χ4n) is 1.64. The summed E-state index contributed by atoms with van der Waals surface area (Å²) < 4.78 is 9.75. The normalized spacial score (nSPS) is 22.9. The molecule has 1 heterocycles. The van der Waals surface area contributed by atoms with Crippen LogP contribution in [-0.2, 0) is 14.3 Å². The third-order valence-electron chi connectivity index (χ3n) is 2.34. The molecule has 2 atom stereocenters. The van der Waals surface area contributed by atoms with Crippen molar-refractivity contribution in [1.29, 1.82) is 0 Å². The SMILES string of the molecule is COC(=O)[C@@H]1C[C@H](NC(=O)OC(C)(C)C)CN1.Cl. The van der Waals surface area contributed by atoms with Crippen molar-refractivity contribution in [2.24, 2.45) is 0 Å². The maximum absolute atomic E-state index is 11.5. The number of hydrogen-bond acceptors (Lipinski definition) is 5. The number of halogens is 1. The molecule has 6 nitrogen and oxygen atoms in total. The summed E-state index contributed by atoms with van der Waals surface area (Å²) in [6, 6.07) is -0.450. The molecule has 0 aromatic heterocycles. The Morgan fingerprint density at radius 1 is 1.33 bits per heavy atom. The summed E-state index contributed by atoms with van der Waals surface area (Å²) in [5.74, 6) is -0.307. The predicted molar refractivity (Wildman–Crippen MR) is 68.8 cm³/mol. The first-order valence-electron chi connectivity index (χ1n) is 5.62. The van der Waals surface area contributed by atoms with Gasteiger partial charge >= 0.3 is 12.1 Å². The quantitative estimate of drug-likeness (QED) is 0.733. The number of carbonyl (C=O) groups excluding carboxylic acids is 2. The molecule has 2 N–H and O–H groups in total. The smallest absolute Gasteiger partial charge is 0.407 e. The van der Waals surface area contributed by atoms with Crippen LogP contribution in [0.2, 0.25) is 0 Å². The van der Waals surface area contributed by atoms with E-state index >= 15 is 0 Å². The second-order valence-corrected chi connectivity index (χ2v) is 5.06. The minimum atomic E-state index is -0.516. The Morgan fingerprint density at radius 3 is 2.44 bits per heavy atom. The largest absolute Gasteiger partial charge is 0.468 e. The molecule has 0 aromatic rings. The van der Waals surface area contributed by atoms with Crippen LogP contribution in [0.1, 0.15) is 27.2 Å². The summed E-state index contributed by atoms with van der Waals surface area (Å²) in [5.41, 5.74) is -0.516. The zero-order valence-electron chi connectivity index (χ0n) is 11.1. The third kappa shape index (κ3) is 5.55. The van der Waals surface area contributed by atoms with Crippen molar-refractivity contribution in [3.8, 4) is 0 Å². The van der Waals surface area contributed by atoms with Gasteiger partial charge in [0, 0.05) is 12.6 Å². The van der Waals surface area contributed by atoms with Gasteiger partial charge in [0.15, 0.2) is 0 Å². The Kier molecular flexibility index (Phi) is 6.42. The van der Waals surface area contributed by atoms with E-state index in [0.29, 0.717) is 13.0 Å². The number of alkyl carbamates (subject to hydrolysis) is 1. The van der Waals surface area contributed by atoms with Gasteiger partial charge in [-0.05, 0) is 27.2 Å². The first kappa shape index (κ1) is 17.0. The summed E-state index contributed by atoms with van der Waals surface area (Å²) >= 11 is 0. The summed E-state index contributed by atoms with van der Waals surface area (Å²) in [4.78, 5) is 22.7. The van der Waals surface area contributed by atoms with E-state index in [-0.39, 0.29) is 30.5 Å². The number of esters is 1. The number of nitrogens with one attached hydrogen (secondary N) is 2. The maximum Gasteiger partial charge on any atom is 0.407 e. The van der Waals surface area contributed by atoms with Gasteiger partial charge in [-0.3, -0.25) is 4.79 Å². The lowest BCUT2D eigenvalue weighted by Gasteiger charge is -2.21. The van der Waals surface area contributed by atoms with Gasteiger partial charge in [-0.25, -0.2) is 4.79 Å². The van der Waals surface area contributed by atoms with Gasteiger partial charge < -0.3 is 20.1 Å². The molecule has 1 aliphatic heterocycles. The standard InChI is InChI=1S/C11H20N2O4.ClH/c1-11(2,3)17-10(15)13-7-5-8(12-6-7)9(14)16-4;/h7-8,12H,5-6H2,1-4H3,(H,13,15);1H/t7-,8-;/m0./s1. The highest BCUT2D eigenvalue weighted by molar-refractivity contribution is 5.85. The summed E-state index contributed by atoms with van der Waals surface area (Å²) in [6.45, 7) is 5.95. The average Bonchev–Trinajstić information content (AvgIpc) is 2.62. The molecule has 106 valence electrons. The Morgan fingerprint density at radius 2 is 1.94 bits per heavy atom. The third-order valence-corrected chi connectivity index (χ3v) is 2.34. The Labute approximate surface area is 113 Å². The van der Waals surface area contributed by atoms with Crippen LogP contribution in [-0.4, -0.2) is 43.4 Å². The van der Waals surface area contributed by atoms with Gasteiger partial charge in [0.1, 0.15) is 11.6 Å². The molecule has 1 saturated heterocycles. The van der Waals surface area contributed by atoms with Crippen LogP contribution in [0.5, 0.6) is 0 Å². The van der Waals surface area contributed by atoms with Crippen molar-refractivity contribution in [1.82, 2.24) is 10.6 Å². The van der Waals surface area contributed by atoms with E-state index < -0.39 is 11.7 Å². The van der Waals surface area contributed by atoms with Crippen LogP contribution in [0, 0.1) is 0 Å². The fourth-order valence-corrected chi connectivity index (χ4v) is 1.64. The molecule has 7 heteroatoms. The van der Waals surface area contributed by atoms with E-state index in [2.05, 4.69) is 15.4 Å². The topological polar surface area (TPSA) is 76.7 Å². The van der Waals surface area contributed by atoms with E-state index in [4.69, 9.17) is 4.74 Å². The van der Waals surface area contributed by atoms with E-state index in [1.165, 1.54) is 7.11 Å². The van der Waals surface area contributed by atoms with Gasteiger partial charge in [0.05, 0.1) is 7.11 Å². The number of amides is 1.